The fourth-order valence-corrected chi connectivity index (χ4v) is 4.09. The number of aromatic nitrogens is 3. The number of aromatic amines is 1. The summed E-state index contributed by atoms with van der Waals surface area (Å²) in [4.78, 5) is 19.4. The molecule has 2 aromatic rings. The number of carbonyl (C=O) groups is 1. The van der Waals surface area contributed by atoms with Gasteiger partial charge in [0.2, 0.25) is 11.7 Å². The number of H-pyrrole nitrogens is 1. The molecule has 0 unspecified atom stereocenters. The summed E-state index contributed by atoms with van der Waals surface area (Å²) in [7, 11) is 4.77. The van der Waals surface area contributed by atoms with E-state index in [9.17, 15) is 4.79 Å². The second-order valence-corrected chi connectivity index (χ2v) is 8.04. The maximum Gasteiger partial charge on any atom is 0.222 e. The molecular formula is C22H30N4O4. The predicted octanol–water partition coefficient (Wildman–Crippen LogP) is 3.05. The molecule has 4 rings (SSSR count). The van der Waals surface area contributed by atoms with Gasteiger partial charge in [0, 0.05) is 31.3 Å². The van der Waals surface area contributed by atoms with Crippen LogP contribution >= 0.6 is 0 Å². The monoisotopic (exact) mass is 414 g/mol. The molecule has 1 amide bonds. The Morgan fingerprint density at radius 2 is 1.70 bits per heavy atom. The van der Waals surface area contributed by atoms with Crippen LogP contribution in [-0.2, 0) is 11.2 Å². The lowest BCUT2D eigenvalue weighted by Crippen LogP contribution is -2.38. The highest BCUT2D eigenvalue weighted by Gasteiger charge is 2.30. The summed E-state index contributed by atoms with van der Waals surface area (Å²) in [5.41, 5.74) is 0.988. The van der Waals surface area contributed by atoms with Crippen molar-refractivity contribution in [3.8, 4) is 17.2 Å². The van der Waals surface area contributed by atoms with E-state index >= 15 is 0 Å². The first-order valence-corrected chi connectivity index (χ1v) is 10.6. The summed E-state index contributed by atoms with van der Waals surface area (Å²) in [6.45, 7) is 1.52. The van der Waals surface area contributed by atoms with Crippen LogP contribution in [0.2, 0.25) is 0 Å². The topological polar surface area (TPSA) is 89.6 Å². The minimum atomic E-state index is 0.179. The van der Waals surface area contributed by atoms with Gasteiger partial charge in [-0.15, -0.1) is 0 Å². The van der Waals surface area contributed by atoms with Crippen molar-refractivity contribution in [2.75, 3.05) is 34.4 Å². The van der Waals surface area contributed by atoms with Crippen molar-refractivity contribution in [3.05, 3.63) is 29.3 Å². The lowest BCUT2D eigenvalue weighted by atomic mass is 9.95. The first-order chi connectivity index (χ1) is 14.6. The molecule has 1 aromatic carbocycles. The van der Waals surface area contributed by atoms with E-state index in [1.54, 1.807) is 21.3 Å². The van der Waals surface area contributed by atoms with E-state index in [1.165, 1.54) is 12.8 Å². The average molecular weight is 415 g/mol. The second kappa shape index (κ2) is 8.93. The van der Waals surface area contributed by atoms with Crippen molar-refractivity contribution in [1.29, 1.82) is 0 Å². The minimum absolute atomic E-state index is 0.179. The minimum Gasteiger partial charge on any atom is -0.493 e. The molecule has 1 aliphatic heterocycles. The van der Waals surface area contributed by atoms with Crippen LogP contribution in [0.15, 0.2) is 12.1 Å². The Labute approximate surface area is 176 Å². The summed E-state index contributed by atoms with van der Waals surface area (Å²) in [5.74, 6) is 4.84. The highest BCUT2D eigenvalue weighted by Crippen LogP contribution is 2.39. The Bertz CT molecular complexity index is 860. The molecular weight excluding hydrogens is 384 g/mol. The van der Waals surface area contributed by atoms with Crippen LogP contribution in [-0.4, -0.2) is 60.4 Å². The Hall–Kier alpha value is -2.77. The van der Waals surface area contributed by atoms with E-state index in [0.29, 0.717) is 41.9 Å². The summed E-state index contributed by atoms with van der Waals surface area (Å²) in [5, 5.41) is 7.48. The molecule has 1 aliphatic carbocycles. The maximum atomic E-state index is 12.8. The number of nitrogens with one attached hydrogen (secondary N) is 1. The van der Waals surface area contributed by atoms with E-state index in [2.05, 4.69) is 15.2 Å². The SMILES string of the molecule is COc1cc(CCC(=O)N2CCC(c3nc(C4CC4)n[nH]3)CC2)cc(OC)c1OC. The van der Waals surface area contributed by atoms with Gasteiger partial charge < -0.3 is 19.1 Å². The van der Waals surface area contributed by atoms with Gasteiger partial charge in [-0.3, -0.25) is 9.89 Å². The standard InChI is InChI=1S/C22H30N4O4/c1-28-17-12-14(13-18(29-2)20(17)30-3)4-7-19(27)26-10-8-16(9-11-26)22-23-21(24-25-22)15-5-6-15/h12-13,15-16H,4-11H2,1-3H3,(H,23,24,25). The molecule has 0 atom stereocenters. The van der Waals surface area contributed by atoms with Gasteiger partial charge in [-0.2, -0.15) is 5.10 Å². The largest absolute Gasteiger partial charge is 0.493 e. The lowest BCUT2D eigenvalue weighted by Gasteiger charge is -2.31. The van der Waals surface area contributed by atoms with Gasteiger partial charge in [-0.05, 0) is 49.8 Å². The highest BCUT2D eigenvalue weighted by atomic mass is 16.5. The van der Waals surface area contributed by atoms with Crippen LogP contribution in [0.25, 0.3) is 0 Å². The number of amides is 1. The summed E-state index contributed by atoms with van der Waals surface area (Å²) in [6.07, 6.45) is 5.34. The number of benzene rings is 1. The third kappa shape index (κ3) is 4.37. The van der Waals surface area contributed by atoms with Gasteiger partial charge >= 0.3 is 0 Å². The van der Waals surface area contributed by atoms with Crippen LogP contribution in [0.1, 0.15) is 61.2 Å². The summed E-state index contributed by atoms with van der Waals surface area (Å²) < 4.78 is 16.2. The van der Waals surface area contributed by atoms with E-state index in [4.69, 9.17) is 14.2 Å². The Balaban J connectivity index is 1.30. The number of hydrogen-bond donors (Lipinski definition) is 1. The fourth-order valence-electron chi connectivity index (χ4n) is 4.09. The Kier molecular flexibility index (Phi) is 6.11. The van der Waals surface area contributed by atoms with Crippen LogP contribution < -0.4 is 14.2 Å². The molecule has 1 N–H and O–H groups in total. The second-order valence-electron chi connectivity index (χ2n) is 8.04. The smallest absolute Gasteiger partial charge is 0.222 e. The third-order valence-electron chi connectivity index (χ3n) is 6.05. The molecule has 2 heterocycles. The molecule has 2 fully saturated rings. The molecule has 2 aliphatic rings. The number of aryl methyl sites for hydroxylation is 1. The molecule has 0 bridgehead atoms. The van der Waals surface area contributed by atoms with Gasteiger partial charge in [0.15, 0.2) is 17.3 Å². The van der Waals surface area contributed by atoms with Crippen molar-refractivity contribution in [2.45, 2.75) is 50.4 Å². The zero-order valence-electron chi connectivity index (χ0n) is 17.9. The number of likely N-dealkylation sites (tertiary alicyclic amines) is 1. The van der Waals surface area contributed by atoms with Crippen molar-refractivity contribution < 1.29 is 19.0 Å². The lowest BCUT2D eigenvalue weighted by molar-refractivity contribution is -0.132. The highest BCUT2D eigenvalue weighted by molar-refractivity contribution is 5.76. The van der Waals surface area contributed by atoms with Crippen LogP contribution in [0.5, 0.6) is 17.2 Å². The quantitative estimate of drug-likeness (QED) is 0.714. The van der Waals surface area contributed by atoms with Crippen molar-refractivity contribution in [2.24, 2.45) is 0 Å². The van der Waals surface area contributed by atoms with Crippen LogP contribution in [0.4, 0.5) is 0 Å². The first-order valence-electron chi connectivity index (χ1n) is 10.6. The molecule has 0 spiro atoms. The van der Waals surface area contributed by atoms with Gasteiger partial charge in [0.1, 0.15) is 5.82 Å². The zero-order valence-corrected chi connectivity index (χ0v) is 17.9. The molecule has 30 heavy (non-hydrogen) atoms. The number of ether oxygens (including phenoxy) is 3. The molecule has 1 saturated carbocycles. The number of nitrogens with zero attached hydrogens (tertiary/aromatic N) is 3. The molecule has 8 heteroatoms. The van der Waals surface area contributed by atoms with Crippen LogP contribution in [0, 0.1) is 0 Å². The molecule has 1 saturated heterocycles. The number of piperidine rings is 1. The average Bonchev–Trinajstić information content (AvgIpc) is 3.53. The predicted molar refractivity (Wildman–Crippen MR) is 111 cm³/mol. The summed E-state index contributed by atoms with van der Waals surface area (Å²) in [6, 6.07) is 3.81. The normalized spacial score (nSPS) is 17.1. The summed E-state index contributed by atoms with van der Waals surface area (Å²) >= 11 is 0. The van der Waals surface area contributed by atoms with Gasteiger partial charge in [-0.25, -0.2) is 4.98 Å². The van der Waals surface area contributed by atoms with Crippen molar-refractivity contribution >= 4 is 5.91 Å². The molecule has 8 nitrogen and oxygen atoms in total. The van der Waals surface area contributed by atoms with Crippen molar-refractivity contribution in [1.82, 2.24) is 20.1 Å². The van der Waals surface area contributed by atoms with Crippen molar-refractivity contribution in [3.63, 3.8) is 0 Å². The first kappa shape index (κ1) is 20.5. The molecule has 162 valence electrons. The number of methoxy groups -OCH3 is 3. The number of hydrogen-bond acceptors (Lipinski definition) is 6. The fraction of sp³-hybridized carbons (Fsp3) is 0.591. The molecule has 0 radical (unpaired) electrons. The van der Waals surface area contributed by atoms with E-state index in [1.807, 2.05) is 17.0 Å². The Morgan fingerprint density at radius 1 is 1.03 bits per heavy atom. The zero-order chi connectivity index (χ0) is 21.1. The number of carbonyl (C=O) groups excluding carboxylic acids is 1. The van der Waals surface area contributed by atoms with Gasteiger partial charge in [-0.1, -0.05) is 0 Å². The Morgan fingerprint density at radius 3 is 2.27 bits per heavy atom. The van der Waals surface area contributed by atoms with E-state index < -0.39 is 0 Å². The third-order valence-corrected chi connectivity index (χ3v) is 6.05. The maximum absolute atomic E-state index is 12.8. The molecule has 1 aromatic heterocycles. The van der Waals surface area contributed by atoms with Gasteiger partial charge in [0.25, 0.3) is 0 Å². The van der Waals surface area contributed by atoms with E-state index in [0.717, 1.165) is 43.1 Å². The van der Waals surface area contributed by atoms with Gasteiger partial charge in [0.05, 0.1) is 21.3 Å². The van der Waals surface area contributed by atoms with E-state index in [-0.39, 0.29) is 5.91 Å². The number of rotatable bonds is 8. The van der Waals surface area contributed by atoms with Crippen LogP contribution in [0.3, 0.4) is 0 Å².